The Morgan fingerprint density at radius 2 is 2.19 bits per heavy atom. The summed E-state index contributed by atoms with van der Waals surface area (Å²) in [5, 5.41) is 18.1. The third-order valence-electron chi connectivity index (χ3n) is 2.57. The Hall–Kier alpha value is -2.14. The molecule has 0 bridgehead atoms. The smallest absolute Gasteiger partial charge is 0.150 e. The molecule has 1 unspecified atom stereocenters. The summed E-state index contributed by atoms with van der Waals surface area (Å²) in [6, 6.07) is 7.75. The Kier molecular flexibility index (Phi) is 1.97. The molecule has 2 aromatic heterocycles. The van der Waals surface area contributed by atoms with Crippen molar-refractivity contribution in [2.75, 3.05) is 0 Å². The zero-order chi connectivity index (χ0) is 11.0. The topological polar surface area (TPSA) is 74.9 Å². The standard InChI is InChI=1S/C11H9N3O2/c15-11(10-6-16-14-13-10)8-5-12-9-4-2-1-3-7(8)9/h1-6,11-12,15H. The summed E-state index contributed by atoms with van der Waals surface area (Å²) in [5.74, 6) is 0. The summed E-state index contributed by atoms with van der Waals surface area (Å²) >= 11 is 0. The highest BCUT2D eigenvalue weighted by molar-refractivity contribution is 5.83. The maximum atomic E-state index is 10.1. The van der Waals surface area contributed by atoms with Crippen molar-refractivity contribution in [1.29, 1.82) is 0 Å². The number of para-hydroxylation sites is 1. The van der Waals surface area contributed by atoms with Gasteiger partial charge in [-0.3, -0.25) is 0 Å². The highest BCUT2D eigenvalue weighted by Gasteiger charge is 2.17. The zero-order valence-corrected chi connectivity index (χ0v) is 8.29. The van der Waals surface area contributed by atoms with E-state index in [0.717, 1.165) is 16.5 Å². The van der Waals surface area contributed by atoms with E-state index in [0.29, 0.717) is 5.69 Å². The second-order valence-electron chi connectivity index (χ2n) is 3.52. The Labute approximate surface area is 90.7 Å². The lowest BCUT2D eigenvalue weighted by molar-refractivity contribution is 0.216. The van der Waals surface area contributed by atoms with Gasteiger partial charge in [0.2, 0.25) is 0 Å². The van der Waals surface area contributed by atoms with Gasteiger partial charge in [-0.25, -0.2) is 0 Å². The molecule has 0 fully saturated rings. The van der Waals surface area contributed by atoms with Crippen LogP contribution < -0.4 is 0 Å². The van der Waals surface area contributed by atoms with Crippen LogP contribution in [0.5, 0.6) is 0 Å². The summed E-state index contributed by atoms with van der Waals surface area (Å²) < 4.78 is 4.61. The molecule has 0 amide bonds. The molecule has 2 heterocycles. The number of rotatable bonds is 2. The van der Waals surface area contributed by atoms with Crippen molar-refractivity contribution in [3.8, 4) is 0 Å². The second kappa shape index (κ2) is 3.46. The highest BCUT2D eigenvalue weighted by Crippen LogP contribution is 2.27. The van der Waals surface area contributed by atoms with Gasteiger partial charge in [-0.05, 0) is 6.07 Å². The minimum atomic E-state index is -0.817. The molecule has 3 aromatic rings. The predicted molar refractivity (Wildman–Crippen MR) is 56.7 cm³/mol. The lowest BCUT2D eigenvalue weighted by atomic mass is 10.1. The number of fused-ring (bicyclic) bond motifs is 1. The Morgan fingerprint density at radius 3 is 3.00 bits per heavy atom. The van der Waals surface area contributed by atoms with Crippen molar-refractivity contribution in [1.82, 2.24) is 15.4 Å². The third kappa shape index (κ3) is 1.30. The van der Waals surface area contributed by atoms with Crippen molar-refractivity contribution in [3.05, 3.63) is 48.0 Å². The van der Waals surface area contributed by atoms with E-state index < -0.39 is 6.10 Å². The quantitative estimate of drug-likeness (QED) is 0.681. The number of hydrogen-bond donors (Lipinski definition) is 2. The van der Waals surface area contributed by atoms with Crippen LogP contribution in [0.15, 0.2) is 41.2 Å². The monoisotopic (exact) mass is 215 g/mol. The van der Waals surface area contributed by atoms with Gasteiger partial charge in [0.15, 0.2) is 6.26 Å². The number of aromatic amines is 1. The molecule has 0 radical (unpaired) electrons. The molecule has 0 aliphatic carbocycles. The maximum absolute atomic E-state index is 10.1. The normalized spacial score (nSPS) is 13.1. The van der Waals surface area contributed by atoms with Crippen LogP contribution in [-0.4, -0.2) is 20.5 Å². The number of benzene rings is 1. The SMILES string of the molecule is OC(c1conn1)c1c[nH]c2ccccc12. The molecular weight excluding hydrogens is 206 g/mol. The van der Waals surface area contributed by atoms with Crippen LogP contribution in [0.2, 0.25) is 0 Å². The summed E-state index contributed by atoms with van der Waals surface area (Å²) in [6.45, 7) is 0. The largest absolute Gasteiger partial charge is 0.382 e. The van der Waals surface area contributed by atoms with Crippen molar-refractivity contribution >= 4 is 10.9 Å². The molecule has 80 valence electrons. The van der Waals surface area contributed by atoms with Gasteiger partial charge < -0.3 is 14.6 Å². The molecule has 5 heteroatoms. The van der Waals surface area contributed by atoms with E-state index in [2.05, 4.69) is 19.9 Å². The van der Waals surface area contributed by atoms with Crippen LogP contribution in [-0.2, 0) is 0 Å². The first-order valence-corrected chi connectivity index (χ1v) is 4.87. The fourth-order valence-electron chi connectivity index (χ4n) is 1.77. The summed E-state index contributed by atoms with van der Waals surface area (Å²) in [5.41, 5.74) is 2.16. The minimum Gasteiger partial charge on any atom is -0.382 e. The van der Waals surface area contributed by atoms with Crippen LogP contribution in [0.1, 0.15) is 17.4 Å². The van der Waals surface area contributed by atoms with E-state index in [1.54, 1.807) is 6.20 Å². The number of aliphatic hydroxyl groups excluding tert-OH is 1. The summed E-state index contributed by atoms with van der Waals surface area (Å²) in [4.78, 5) is 3.09. The van der Waals surface area contributed by atoms with Crippen molar-refractivity contribution < 1.29 is 9.63 Å². The maximum Gasteiger partial charge on any atom is 0.150 e. The lowest BCUT2D eigenvalue weighted by Crippen LogP contribution is -1.98. The first kappa shape index (κ1) is 9.11. The van der Waals surface area contributed by atoms with Gasteiger partial charge in [0.1, 0.15) is 11.8 Å². The van der Waals surface area contributed by atoms with Crippen LogP contribution in [0.4, 0.5) is 0 Å². The molecule has 0 saturated carbocycles. The fraction of sp³-hybridized carbons (Fsp3) is 0.0909. The number of nitrogens with one attached hydrogen (secondary N) is 1. The van der Waals surface area contributed by atoms with E-state index in [4.69, 9.17) is 0 Å². The second-order valence-corrected chi connectivity index (χ2v) is 3.52. The number of H-pyrrole nitrogens is 1. The molecule has 3 rings (SSSR count). The number of aliphatic hydroxyl groups is 1. The van der Waals surface area contributed by atoms with Crippen LogP contribution in [0.3, 0.4) is 0 Å². The van der Waals surface area contributed by atoms with Gasteiger partial charge in [0.25, 0.3) is 0 Å². The summed E-state index contributed by atoms with van der Waals surface area (Å²) in [7, 11) is 0. The Morgan fingerprint density at radius 1 is 1.31 bits per heavy atom. The highest BCUT2D eigenvalue weighted by atomic mass is 16.5. The lowest BCUT2D eigenvalue weighted by Gasteiger charge is -2.04. The van der Waals surface area contributed by atoms with Crippen LogP contribution in [0, 0.1) is 0 Å². The van der Waals surface area contributed by atoms with Crippen molar-refractivity contribution in [2.45, 2.75) is 6.10 Å². The van der Waals surface area contributed by atoms with E-state index in [1.165, 1.54) is 6.26 Å². The zero-order valence-electron chi connectivity index (χ0n) is 8.29. The molecule has 0 spiro atoms. The predicted octanol–water partition coefficient (Wildman–Crippen LogP) is 1.63. The van der Waals surface area contributed by atoms with Gasteiger partial charge in [0.05, 0.1) is 0 Å². The van der Waals surface area contributed by atoms with E-state index in [9.17, 15) is 5.11 Å². The van der Waals surface area contributed by atoms with Gasteiger partial charge in [0, 0.05) is 27.9 Å². The molecule has 16 heavy (non-hydrogen) atoms. The Balaban J connectivity index is 2.12. The molecule has 1 atom stereocenters. The van der Waals surface area contributed by atoms with Gasteiger partial charge in [-0.15, -0.1) is 5.10 Å². The number of hydrogen-bond acceptors (Lipinski definition) is 4. The summed E-state index contributed by atoms with van der Waals surface area (Å²) in [6.07, 6.45) is 2.29. The van der Waals surface area contributed by atoms with Crippen molar-refractivity contribution in [3.63, 3.8) is 0 Å². The fourth-order valence-corrected chi connectivity index (χ4v) is 1.77. The molecule has 0 aliphatic rings. The molecule has 0 saturated heterocycles. The first-order valence-electron chi connectivity index (χ1n) is 4.87. The van der Waals surface area contributed by atoms with E-state index in [1.807, 2.05) is 24.3 Å². The van der Waals surface area contributed by atoms with E-state index >= 15 is 0 Å². The molecule has 2 N–H and O–H groups in total. The van der Waals surface area contributed by atoms with Crippen LogP contribution >= 0.6 is 0 Å². The third-order valence-corrected chi connectivity index (χ3v) is 2.57. The van der Waals surface area contributed by atoms with E-state index in [-0.39, 0.29) is 0 Å². The first-order chi connectivity index (χ1) is 7.86. The van der Waals surface area contributed by atoms with Gasteiger partial charge in [-0.2, -0.15) is 0 Å². The molecule has 1 aromatic carbocycles. The minimum absolute atomic E-state index is 0.407. The molecular formula is C11H9N3O2. The average molecular weight is 215 g/mol. The van der Waals surface area contributed by atoms with Gasteiger partial charge >= 0.3 is 0 Å². The van der Waals surface area contributed by atoms with Gasteiger partial charge in [-0.1, -0.05) is 18.2 Å². The van der Waals surface area contributed by atoms with Crippen molar-refractivity contribution in [2.24, 2.45) is 0 Å². The number of aromatic nitrogens is 3. The number of nitrogens with zero attached hydrogens (tertiary/aromatic N) is 2. The molecule has 5 nitrogen and oxygen atoms in total. The van der Waals surface area contributed by atoms with Crippen LogP contribution in [0.25, 0.3) is 10.9 Å². The Bertz CT molecular complexity index is 601. The molecule has 0 aliphatic heterocycles. The average Bonchev–Trinajstić information content (AvgIpc) is 2.98.